The molecule has 1 amide bonds. The molecule has 78 valence electrons. The standard InChI is InChI=1S/C9H16N4O/c1-8(6-12(2)3)11-9(14)13-5-4-10-7-13/h4-5,7-8H,6H2,1-3H3,(H,11,14). The van der Waals surface area contributed by atoms with E-state index < -0.39 is 0 Å². The van der Waals surface area contributed by atoms with Crippen LogP contribution in [-0.2, 0) is 0 Å². The van der Waals surface area contributed by atoms with Gasteiger partial charge in [0.15, 0.2) is 0 Å². The van der Waals surface area contributed by atoms with Gasteiger partial charge in [0.25, 0.3) is 0 Å². The summed E-state index contributed by atoms with van der Waals surface area (Å²) in [5, 5.41) is 2.86. The van der Waals surface area contributed by atoms with E-state index in [0.717, 1.165) is 6.54 Å². The van der Waals surface area contributed by atoms with Crippen molar-refractivity contribution in [2.45, 2.75) is 13.0 Å². The number of aromatic nitrogens is 2. The molecule has 0 saturated carbocycles. The van der Waals surface area contributed by atoms with Crippen LogP contribution in [0.1, 0.15) is 6.92 Å². The van der Waals surface area contributed by atoms with Crippen LogP contribution in [0.25, 0.3) is 0 Å². The van der Waals surface area contributed by atoms with E-state index in [4.69, 9.17) is 0 Å². The van der Waals surface area contributed by atoms with Crippen LogP contribution in [0.15, 0.2) is 18.7 Å². The molecule has 1 N–H and O–H groups in total. The maximum absolute atomic E-state index is 11.5. The van der Waals surface area contributed by atoms with Gasteiger partial charge in [-0.1, -0.05) is 0 Å². The zero-order valence-electron chi connectivity index (χ0n) is 8.77. The van der Waals surface area contributed by atoms with Gasteiger partial charge in [-0.25, -0.2) is 9.78 Å². The van der Waals surface area contributed by atoms with E-state index in [1.54, 1.807) is 12.4 Å². The summed E-state index contributed by atoms with van der Waals surface area (Å²) in [5.74, 6) is 0. The highest BCUT2D eigenvalue weighted by atomic mass is 16.2. The molecule has 0 aliphatic heterocycles. The van der Waals surface area contributed by atoms with Crippen molar-refractivity contribution in [2.24, 2.45) is 0 Å². The number of imidazole rings is 1. The number of rotatable bonds is 3. The highest BCUT2D eigenvalue weighted by Gasteiger charge is 2.08. The highest BCUT2D eigenvalue weighted by Crippen LogP contribution is 1.89. The first-order chi connectivity index (χ1) is 6.59. The summed E-state index contributed by atoms with van der Waals surface area (Å²) in [7, 11) is 3.94. The Bertz CT molecular complexity index is 281. The number of amides is 1. The third-order valence-corrected chi connectivity index (χ3v) is 1.75. The number of hydrogen-bond donors (Lipinski definition) is 1. The van der Waals surface area contributed by atoms with Crippen LogP contribution in [0.4, 0.5) is 4.79 Å². The van der Waals surface area contributed by atoms with Gasteiger partial charge in [0.2, 0.25) is 0 Å². The Labute approximate surface area is 83.7 Å². The van der Waals surface area contributed by atoms with E-state index in [9.17, 15) is 4.79 Å². The third-order valence-electron chi connectivity index (χ3n) is 1.75. The van der Waals surface area contributed by atoms with Gasteiger partial charge in [-0.3, -0.25) is 4.57 Å². The number of carbonyl (C=O) groups is 1. The summed E-state index contributed by atoms with van der Waals surface area (Å²) in [6, 6.07) is -0.0169. The van der Waals surface area contributed by atoms with E-state index in [-0.39, 0.29) is 12.1 Å². The third kappa shape index (κ3) is 3.18. The lowest BCUT2D eigenvalue weighted by Gasteiger charge is -2.18. The van der Waals surface area contributed by atoms with Crippen LogP contribution in [-0.4, -0.2) is 47.2 Å². The van der Waals surface area contributed by atoms with Gasteiger partial charge in [-0.05, 0) is 21.0 Å². The molecule has 1 rings (SSSR count). The number of nitrogens with zero attached hydrogens (tertiary/aromatic N) is 3. The van der Waals surface area contributed by atoms with Crippen molar-refractivity contribution < 1.29 is 4.79 Å². The van der Waals surface area contributed by atoms with E-state index in [0.29, 0.717) is 0 Å². The average Bonchev–Trinajstić information content (AvgIpc) is 2.53. The Morgan fingerprint density at radius 1 is 1.64 bits per heavy atom. The fourth-order valence-electron chi connectivity index (χ4n) is 1.26. The minimum atomic E-state index is -0.142. The molecule has 5 nitrogen and oxygen atoms in total. The normalized spacial score (nSPS) is 12.9. The molecule has 1 aromatic heterocycles. The van der Waals surface area contributed by atoms with Crippen molar-refractivity contribution in [1.29, 1.82) is 0 Å². The quantitative estimate of drug-likeness (QED) is 0.761. The van der Waals surface area contributed by atoms with Crippen LogP contribution in [0.3, 0.4) is 0 Å². The maximum atomic E-state index is 11.5. The summed E-state index contributed by atoms with van der Waals surface area (Å²) < 4.78 is 1.42. The molecular weight excluding hydrogens is 180 g/mol. The van der Waals surface area contributed by atoms with Gasteiger partial charge in [0.05, 0.1) is 0 Å². The van der Waals surface area contributed by atoms with Crippen molar-refractivity contribution >= 4 is 6.03 Å². The first-order valence-electron chi connectivity index (χ1n) is 4.53. The zero-order chi connectivity index (χ0) is 10.6. The van der Waals surface area contributed by atoms with Crippen molar-refractivity contribution in [3.05, 3.63) is 18.7 Å². The monoisotopic (exact) mass is 196 g/mol. The highest BCUT2D eigenvalue weighted by molar-refractivity contribution is 5.76. The Morgan fingerprint density at radius 2 is 2.36 bits per heavy atom. The zero-order valence-corrected chi connectivity index (χ0v) is 8.77. The van der Waals surface area contributed by atoms with Crippen molar-refractivity contribution in [2.75, 3.05) is 20.6 Å². The molecule has 0 saturated heterocycles. The van der Waals surface area contributed by atoms with Crippen molar-refractivity contribution in [3.8, 4) is 0 Å². The van der Waals surface area contributed by atoms with Gasteiger partial charge in [-0.2, -0.15) is 0 Å². The van der Waals surface area contributed by atoms with Gasteiger partial charge >= 0.3 is 6.03 Å². The molecule has 0 aliphatic carbocycles. The molecule has 0 bridgehead atoms. The van der Waals surface area contributed by atoms with E-state index in [1.807, 2.05) is 25.9 Å². The van der Waals surface area contributed by atoms with Gasteiger partial charge in [-0.15, -0.1) is 0 Å². The Kier molecular flexibility index (Phi) is 3.64. The molecule has 0 radical (unpaired) electrons. The second-order valence-electron chi connectivity index (χ2n) is 3.58. The Balaban J connectivity index is 2.41. The molecule has 1 unspecified atom stereocenters. The molecule has 0 aliphatic rings. The smallest absolute Gasteiger partial charge is 0.327 e. The SMILES string of the molecule is CC(CN(C)C)NC(=O)n1ccnc1. The summed E-state index contributed by atoms with van der Waals surface area (Å²) in [5.41, 5.74) is 0. The van der Waals surface area contributed by atoms with Gasteiger partial charge < -0.3 is 10.2 Å². The molecule has 1 aromatic rings. The maximum Gasteiger partial charge on any atom is 0.327 e. The lowest BCUT2D eigenvalue weighted by Crippen LogP contribution is -2.41. The lowest BCUT2D eigenvalue weighted by molar-refractivity contribution is 0.235. The van der Waals surface area contributed by atoms with E-state index in [2.05, 4.69) is 10.3 Å². The first-order valence-corrected chi connectivity index (χ1v) is 4.53. The lowest BCUT2D eigenvalue weighted by atomic mass is 10.3. The van der Waals surface area contributed by atoms with Crippen molar-refractivity contribution in [1.82, 2.24) is 19.8 Å². The average molecular weight is 196 g/mol. The fraction of sp³-hybridized carbons (Fsp3) is 0.556. The van der Waals surface area contributed by atoms with Gasteiger partial charge in [0.1, 0.15) is 6.33 Å². The summed E-state index contributed by atoms with van der Waals surface area (Å²) in [6.45, 7) is 2.79. The van der Waals surface area contributed by atoms with Crippen LogP contribution >= 0.6 is 0 Å². The largest absolute Gasteiger partial charge is 0.334 e. The Morgan fingerprint density at radius 3 is 2.86 bits per heavy atom. The molecule has 14 heavy (non-hydrogen) atoms. The summed E-state index contributed by atoms with van der Waals surface area (Å²) in [6.07, 6.45) is 4.69. The molecule has 1 atom stereocenters. The van der Waals surface area contributed by atoms with E-state index in [1.165, 1.54) is 10.9 Å². The number of likely N-dealkylation sites (N-methyl/N-ethyl adjacent to an activating group) is 1. The van der Waals surface area contributed by atoms with Crippen LogP contribution in [0, 0.1) is 0 Å². The van der Waals surface area contributed by atoms with Crippen molar-refractivity contribution in [3.63, 3.8) is 0 Å². The number of nitrogens with one attached hydrogen (secondary N) is 1. The Hall–Kier alpha value is -1.36. The second-order valence-corrected chi connectivity index (χ2v) is 3.58. The molecule has 0 spiro atoms. The minimum Gasteiger partial charge on any atom is -0.334 e. The van der Waals surface area contributed by atoms with Crippen LogP contribution in [0.2, 0.25) is 0 Å². The van der Waals surface area contributed by atoms with E-state index >= 15 is 0 Å². The molecule has 0 fully saturated rings. The predicted octanol–water partition coefficient (Wildman–Crippen LogP) is 0.391. The predicted molar refractivity (Wildman–Crippen MR) is 54.2 cm³/mol. The molecule has 0 aromatic carbocycles. The van der Waals surface area contributed by atoms with Crippen LogP contribution in [0.5, 0.6) is 0 Å². The molecular formula is C9H16N4O. The van der Waals surface area contributed by atoms with Crippen LogP contribution < -0.4 is 5.32 Å². The number of carbonyl (C=O) groups excluding carboxylic acids is 1. The number of hydrogen-bond acceptors (Lipinski definition) is 3. The minimum absolute atomic E-state index is 0.125. The summed E-state index contributed by atoms with van der Waals surface area (Å²) >= 11 is 0. The molecule has 1 heterocycles. The van der Waals surface area contributed by atoms with Gasteiger partial charge in [0, 0.05) is 25.0 Å². The topological polar surface area (TPSA) is 50.2 Å². The summed E-state index contributed by atoms with van der Waals surface area (Å²) in [4.78, 5) is 17.3. The fourth-order valence-corrected chi connectivity index (χ4v) is 1.26. The second kappa shape index (κ2) is 4.76. The molecule has 5 heteroatoms. The first kappa shape index (κ1) is 10.7.